The summed E-state index contributed by atoms with van der Waals surface area (Å²) >= 11 is 0. The number of hydrogen-bond donors (Lipinski definition) is 4. The normalized spacial score (nSPS) is 13.6. The first kappa shape index (κ1) is 28.2. The van der Waals surface area contributed by atoms with Gasteiger partial charge in [0.1, 0.15) is 23.4 Å². The van der Waals surface area contributed by atoms with Crippen LogP contribution in [0.4, 0.5) is 4.79 Å². The van der Waals surface area contributed by atoms with Gasteiger partial charge in [0.15, 0.2) is 0 Å². The van der Waals surface area contributed by atoms with Crippen molar-refractivity contribution in [3.05, 3.63) is 29.8 Å². The Bertz CT molecular complexity index is 796. The van der Waals surface area contributed by atoms with E-state index in [1.165, 1.54) is 17.0 Å². The molecule has 33 heavy (non-hydrogen) atoms. The number of aromatic hydroxyl groups is 1. The molecule has 1 rings (SSSR count). The number of carbonyl (C=O) groups excluding carboxylic acids is 3. The Morgan fingerprint density at radius 2 is 1.64 bits per heavy atom. The highest BCUT2D eigenvalue weighted by molar-refractivity contribution is 5.92. The highest BCUT2D eigenvalue weighted by Gasteiger charge is 2.41. The van der Waals surface area contributed by atoms with Crippen LogP contribution in [-0.4, -0.2) is 63.4 Å². The number of unbranched alkanes of at least 4 members (excludes halogenated alkanes) is 1. The molecule has 0 aliphatic carbocycles. The maximum absolute atomic E-state index is 13.6. The molecule has 2 atom stereocenters. The molecule has 2 unspecified atom stereocenters. The van der Waals surface area contributed by atoms with Crippen molar-refractivity contribution >= 4 is 17.9 Å². The number of benzene rings is 1. The largest absolute Gasteiger partial charge is 0.508 e. The van der Waals surface area contributed by atoms with Crippen molar-refractivity contribution in [2.75, 3.05) is 13.2 Å². The number of nitrogens with one attached hydrogen (secondary N) is 2. The SMILES string of the molecule is CCCCNC(=O)C(c1ccc(O)cc1)N(C(=O)C(CO)NC(=O)OC(C)(C)C)C(C)(C)C. The molecule has 0 aromatic heterocycles. The van der Waals surface area contributed by atoms with E-state index in [1.807, 2.05) is 6.92 Å². The summed E-state index contributed by atoms with van der Waals surface area (Å²) in [6.07, 6.45) is 0.812. The third-order valence-electron chi connectivity index (χ3n) is 4.68. The quantitative estimate of drug-likeness (QED) is 0.415. The van der Waals surface area contributed by atoms with Gasteiger partial charge in [-0.1, -0.05) is 25.5 Å². The molecule has 0 aliphatic rings. The molecule has 1 aromatic carbocycles. The minimum Gasteiger partial charge on any atom is -0.508 e. The molecule has 0 radical (unpaired) electrons. The highest BCUT2D eigenvalue weighted by atomic mass is 16.6. The monoisotopic (exact) mass is 465 g/mol. The smallest absolute Gasteiger partial charge is 0.408 e. The van der Waals surface area contributed by atoms with Crippen LogP contribution in [-0.2, 0) is 14.3 Å². The van der Waals surface area contributed by atoms with E-state index >= 15 is 0 Å². The number of phenols is 1. The number of phenolic OH excluding ortho intramolecular Hbond substituents is 1. The van der Waals surface area contributed by atoms with E-state index < -0.39 is 47.7 Å². The van der Waals surface area contributed by atoms with Gasteiger partial charge in [-0.25, -0.2) is 4.79 Å². The highest BCUT2D eigenvalue weighted by Crippen LogP contribution is 2.31. The van der Waals surface area contributed by atoms with Crippen molar-refractivity contribution in [1.29, 1.82) is 0 Å². The van der Waals surface area contributed by atoms with Crippen LogP contribution < -0.4 is 10.6 Å². The lowest BCUT2D eigenvalue weighted by Crippen LogP contribution is -2.59. The Balaban J connectivity index is 3.38. The van der Waals surface area contributed by atoms with Crippen molar-refractivity contribution in [1.82, 2.24) is 15.5 Å². The first-order valence-corrected chi connectivity index (χ1v) is 11.2. The fraction of sp³-hybridized carbons (Fsp3) is 0.625. The molecule has 0 fully saturated rings. The Morgan fingerprint density at radius 1 is 1.06 bits per heavy atom. The second-order valence-corrected chi connectivity index (χ2v) is 9.90. The average Bonchev–Trinajstić information content (AvgIpc) is 2.68. The first-order chi connectivity index (χ1) is 15.2. The molecule has 9 nitrogen and oxygen atoms in total. The molecule has 0 aliphatic heterocycles. The van der Waals surface area contributed by atoms with E-state index in [4.69, 9.17) is 4.74 Å². The molecule has 0 saturated carbocycles. The van der Waals surface area contributed by atoms with Gasteiger partial charge < -0.3 is 30.5 Å². The van der Waals surface area contributed by atoms with E-state index in [2.05, 4.69) is 10.6 Å². The molecule has 186 valence electrons. The minimum atomic E-state index is -1.32. The van der Waals surface area contributed by atoms with Crippen LogP contribution in [0.2, 0.25) is 0 Å². The Morgan fingerprint density at radius 3 is 2.09 bits per heavy atom. The Hall–Kier alpha value is -2.81. The van der Waals surface area contributed by atoms with E-state index in [0.29, 0.717) is 12.1 Å². The standard InChI is InChI=1S/C24H39N3O6/c1-8-9-14-25-20(30)19(16-10-12-17(29)13-11-16)27(23(2,3)4)21(31)18(15-28)26-22(32)33-24(5,6)7/h10-13,18-19,28-29H,8-9,14-15H2,1-7H3,(H,25,30)(H,26,32). The van der Waals surface area contributed by atoms with Gasteiger partial charge in [0.2, 0.25) is 11.8 Å². The molecule has 4 N–H and O–H groups in total. The fourth-order valence-electron chi connectivity index (χ4n) is 3.21. The summed E-state index contributed by atoms with van der Waals surface area (Å²) in [5, 5.41) is 24.9. The molecule has 3 amide bonds. The summed E-state index contributed by atoms with van der Waals surface area (Å²) in [5.74, 6) is -1.01. The number of carbonyl (C=O) groups is 3. The zero-order valence-electron chi connectivity index (χ0n) is 20.8. The fourth-order valence-corrected chi connectivity index (χ4v) is 3.21. The lowest BCUT2D eigenvalue weighted by Gasteiger charge is -2.42. The molecule has 0 saturated heterocycles. The van der Waals surface area contributed by atoms with Crippen LogP contribution in [0.1, 0.15) is 72.9 Å². The van der Waals surface area contributed by atoms with Gasteiger partial charge in [-0.05, 0) is 65.7 Å². The summed E-state index contributed by atoms with van der Waals surface area (Å²) < 4.78 is 5.22. The van der Waals surface area contributed by atoms with Gasteiger partial charge in [0.25, 0.3) is 0 Å². The number of rotatable bonds is 9. The van der Waals surface area contributed by atoms with Gasteiger partial charge in [-0.3, -0.25) is 9.59 Å². The predicted molar refractivity (Wildman–Crippen MR) is 126 cm³/mol. The molecular formula is C24H39N3O6. The van der Waals surface area contributed by atoms with E-state index in [0.717, 1.165) is 12.8 Å². The van der Waals surface area contributed by atoms with Crippen molar-refractivity contribution in [3.63, 3.8) is 0 Å². The zero-order chi connectivity index (χ0) is 25.4. The zero-order valence-corrected chi connectivity index (χ0v) is 20.8. The summed E-state index contributed by atoms with van der Waals surface area (Å²) in [7, 11) is 0. The molecule has 0 heterocycles. The number of amides is 3. The summed E-state index contributed by atoms with van der Waals surface area (Å²) in [6.45, 7) is 12.1. The van der Waals surface area contributed by atoms with Crippen LogP contribution in [0.15, 0.2) is 24.3 Å². The Kier molecular flexibility index (Phi) is 10.2. The maximum Gasteiger partial charge on any atom is 0.408 e. The maximum atomic E-state index is 13.6. The van der Waals surface area contributed by atoms with Gasteiger partial charge in [0.05, 0.1) is 6.61 Å². The molecule has 0 spiro atoms. The van der Waals surface area contributed by atoms with Crippen molar-refractivity contribution in [2.45, 2.75) is 84.5 Å². The van der Waals surface area contributed by atoms with Gasteiger partial charge in [-0.15, -0.1) is 0 Å². The van der Waals surface area contributed by atoms with Crippen LogP contribution in [0.3, 0.4) is 0 Å². The number of nitrogens with zero attached hydrogens (tertiary/aromatic N) is 1. The number of hydrogen-bond acceptors (Lipinski definition) is 6. The lowest BCUT2D eigenvalue weighted by molar-refractivity contribution is -0.149. The summed E-state index contributed by atoms with van der Waals surface area (Å²) in [4.78, 5) is 40.5. The lowest BCUT2D eigenvalue weighted by atomic mass is 9.95. The molecule has 0 bridgehead atoms. The predicted octanol–water partition coefficient (Wildman–Crippen LogP) is 2.86. The Labute approximate surface area is 196 Å². The molecular weight excluding hydrogens is 426 g/mol. The topological polar surface area (TPSA) is 128 Å². The third-order valence-corrected chi connectivity index (χ3v) is 4.68. The minimum absolute atomic E-state index is 0.0253. The van der Waals surface area contributed by atoms with Crippen LogP contribution in [0.25, 0.3) is 0 Å². The molecule has 9 heteroatoms. The van der Waals surface area contributed by atoms with Gasteiger partial charge in [-0.2, -0.15) is 0 Å². The van der Waals surface area contributed by atoms with Crippen molar-refractivity contribution in [3.8, 4) is 5.75 Å². The van der Waals surface area contributed by atoms with E-state index in [1.54, 1.807) is 53.7 Å². The van der Waals surface area contributed by atoms with Crippen molar-refractivity contribution in [2.24, 2.45) is 0 Å². The summed E-state index contributed by atoms with van der Waals surface area (Å²) in [6, 6.07) is 3.65. The van der Waals surface area contributed by atoms with Crippen molar-refractivity contribution < 1.29 is 29.3 Å². The average molecular weight is 466 g/mol. The van der Waals surface area contributed by atoms with Crippen LogP contribution >= 0.6 is 0 Å². The van der Waals surface area contributed by atoms with E-state index in [-0.39, 0.29) is 5.75 Å². The first-order valence-electron chi connectivity index (χ1n) is 11.2. The summed E-state index contributed by atoms with van der Waals surface area (Å²) in [5.41, 5.74) is -1.16. The van der Waals surface area contributed by atoms with Crippen LogP contribution in [0.5, 0.6) is 5.75 Å². The van der Waals surface area contributed by atoms with Gasteiger partial charge in [0, 0.05) is 12.1 Å². The van der Waals surface area contributed by atoms with Gasteiger partial charge >= 0.3 is 6.09 Å². The van der Waals surface area contributed by atoms with E-state index in [9.17, 15) is 24.6 Å². The number of aliphatic hydroxyl groups excluding tert-OH is 1. The second-order valence-electron chi connectivity index (χ2n) is 9.90. The third kappa shape index (κ3) is 8.92. The molecule has 1 aromatic rings. The van der Waals surface area contributed by atoms with Crippen LogP contribution in [0, 0.1) is 0 Å². The number of alkyl carbamates (subject to hydrolysis) is 1. The number of ether oxygens (including phenoxy) is 1. The second kappa shape index (κ2) is 11.9. The number of aliphatic hydroxyl groups is 1.